The first-order valence-electron chi connectivity index (χ1n) is 7.46. The van der Waals surface area contributed by atoms with Gasteiger partial charge in [-0.25, -0.2) is 8.42 Å². The van der Waals surface area contributed by atoms with Gasteiger partial charge in [0.2, 0.25) is 14.9 Å². The molecule has 0 aliphatic carbocycles. The summed E-state index contributed by atoms with van der Waals surface area (Å²) < 4.78 is 36.3. The molecule has 3 aromatic rings. The molecule has 0 aliphatic rings. The molecule has 0 atom stereocenters. The van der Waals surface area contributed by atoms with E-state index in [1.165, 1.54) is 31.4 Å². The van der Waals surface area contributed by atoms with E-state index in [4.69, 9.17) is 9.15 Å². The summed E-state index contributed by atoms with van der Waals surface area (Å²) in [4.78, 5) is 12.4. The molecule has 1 N–H and O–H groups in total. The number of nitrogens with one attached hydrogen (secondary N) is 1. The normalized spacial score (nSPS) is 11.2. The van der Waals surface area contributed by atoms with E-state index < -0.39 is 15.7 Å². The summed E-state index contributed by atoms with van der Waals surface area (Å²) in [6, 6.07) is 15.5. The molecule has 0 radical (unpaired) electrons. The molecule has 8 heteroatoms. The van der Waals surface area contributed by atoms with Crippen LogP contribution in [-0.2, 0) is 9.84 Å². The minimum Gasteiger partial charge on any atom is -0.497 e. The standard InChI is InChI=1S/C18H14BrNO5S/c1-24-14-4-2-3-13(11-14)20-18(21)16-9-10-17(25-16)26(22,23)15-7-5-12(19)6-8-15/h2-11H,1H3,(H,20,21). The quantitative estimate of drug-likeness (QED) is 0.650. The molecule has 2 aromatic carbocycles. The second kappa shape index (κ2) is 7.35. The largest absolute Gasteiger partial charge is 0.497 e. The molecule has 134 valence electrons. The number of hydrogen-bond donors (Lipinski definition) is 1. The van der Waals surface area contributed by atoms with Crippen LogP contribution in [0.5, 0.6) is 5.75 Å². The van der Waals surface area contributed by atoms with E-state index in [0.717, 1.165) is 4.47 Å². The number of carbonyl (C=O) groups excluding carboxylic acids is 1. The molecular weight excluding hydrogens is 422 g/mol. The average Bonchev–Trinajstić information content (AvgIpc) is 3.13. The second-order valence-electron chi connectivity index (χ2n) is 5.26. The van der Waals surface area contributed by atoms with E-state index in [9.17, 15) is 13.2 Å². The fourth-order valence-electron chi connectivity index (χ4n) is 2.21. The topological polar surface area (TPSA) is 85.6 Å². The number of rotatable bonds is 5. The molecule has 1 aromatic heterocycles. The highest BCUT2D eigenvalue weighted by molar-refractivity contribution is 9.10. The molecule has 1 amide bonds. The number of furan rings is 1. The fourth-order valence-corrected chi connectivity index (χ4v) is 3.65. The van der Waals surface area contributed by atoms with Crippen molar-refractivity contribution in [3.63, 3.8) is 0 Å². The monoisotopic (exact) mass is 435 g/mol. The fraction of sp³-hybridized carbons (Fsp3) is 0.0556. The lowest BCUT2D eigenvalue weighted by Crippen LogP contribution is -2.11. The van der Waals surface area contributed by atoms with Crippen LogP contribution in [0.2, 0.25) is 0 Å². The van der Waals surface area contributed by atoms with Gasteiger partial charge < -0.3 is 14.5 Å². The Bertz CT molecular complexity index is 1040. The van der Waals surface area contributed by atoms with Crippen LogP contribution in [0.25, 0.3) is 0 Å². The predicted octanol–water partition coefficient (Wildman–Crippen LogP) is 4.14. The number of halogens is 1. The van der Waals surface area contributed by atoms with Gasteiger partial charge in [0, 0.05) is 16.2 Å². The van der Waals surface area contributed by atoms with E-state index in [-0.39, 0.29) is 15.7 Å². The van der Waals surface area contributed by atoms with Gasteiger partial charge in [0.15, 0.2) is 5.76 Å². The molecule has 0 saturated carbocycles. The van der Waals surface area contributed by atoms with Crippen LogP contribution in [0.4, 0.5) is 5.69 Å². The third-order valence-corrected chi connectivity index (χ3v) is 5.69. The first-order chi connectivity index (χ1) is 12.4. The summed E-state index contributed by atoms with van der Waals surface area (Å²) in [6.45, 7) is 0. The van der Waals surface area contributed by atoms with Gasteiger partial charge in [-0.2, -0.15) is 0 Å². The maximum atomic E-state index is 12.6. The summed E-state index contributed by atoms with van der Waals surface area (Å²) in [5.41, 5.74) is 0.503. The van der Waals surface area contributed by atoms with Crippen LogP contribution in [0.3, 0.4) is 0 Å². The first kappa shape index (κ1) is 18.2. The molecule has 0 bridgehead atoms. The number of hydrogen-bond acceptors (Lipinski definition) is 5. The summed E-state index contributed by atoms with van der Waals surface area (Å²) in [5, 5.41) is 2.34. The van der Waals surface area contributed by atoms with Gasteiger partial charge in [0.25, 0.3) is 5.91 Å². The second-order valence-corrected chi connectivity index (χ2v) is 8.06. The van der Waals surface area contributed by atoms with Crippen molar-refractivity contribution in [1.29, 1.82) is 0 Å². The lowest BCUT2D eigenvalue weighted by atomic mass is 10.3. The minimum absolute atomic E-state index is 0.0785. The Morgan fingerprint density at radius 2 is 1.81 bits per heavy atom. The summed E-state index contributed by atoms with van der Waals surface area (Å²) in [7, 11) is -2.32. The van der Waals surface area contributed by atoms with E-state index in [1.54, 1.807) is 36.4 Å². The Balaban J connectivity index is 1.82. The molecule has 3 rings (SSSR count). The first-order valence-corrected chi connectivity index (χ1v) is 9.73. The van der Waals surface area contributed by atoms with Gasteiger partial charge in [0.05, 0.1) is 12.0 Å². The predicted molar refractivity (Wildman–Crippen MR) is 99.2 cm³/mol. The maximum Gasteiger partial charge on any atom is 0.291 e. The van der Waals surface area contributed by atoms with Crippen molar-refractivity contribution >= 4 is 37.4 Å². The highest BCUT2D eigenvalue weighted by Gasteiger charge is 2.23. The number of ether oxygens (including phenoxy) is 1. The Labute approximate surface area is 158 Å². The Morgan fingerprint density at radius 1 is 1.08 bits per heavy atom. The number of carbonyl (C=O) groups is 1. The molecule has 1 heterocycles. The highest BCUT2D eigenvalue weighted by Crippen LogP contribution is 2.25. The Kier molecular flexibility index (Phi) is 5.15. The summed E-state index contributed by atoms with van der Waals surface area (Å²) >= 11 is 3.25. The van der Waals surface area contributed by atoms with Crippen LogP contribution in [0.15, 0.2) is 79.5 Å². The maximum absolute atomic E-state index is 12.6. The zero-order valence-electron chi connectivity index (χ0n) is 13.6. The van der Waals surface area contributed by atoms with E-state index in [1.807, 2.05) is 0 Å². The van der Waals surface area contributed by atoms with Crippen LogP contribution in [-0.4, -0.2) is 21.4 Å². The van der Waals surface area contributed by atoms with Crippen molar-refractivity contribution in [1.82, 2.24) is 0 Å². The zero-order chi connectivity index (χ0) is 18.7. The number of benzene rings is 2. The molecule has 26 heavy (non-hydrogen) atoms. The van der Waals surface area contributed by atoms with Gasteiger partial charge >= 0.3 is 0 Å². The van der Waals surface area contributed by atoms with Gasteiger partial charge in [0.1, 0.15) is 5.75 Å². The lowest BCUT2D eigenvalue weighted by Gasteiger charge is -2.05. The Morgan fingerprint density at radius 3 is 2.50 bits per heavy atom. The minimum atomic E-state index is -3.84. The van der Waals surface area contributed by atoms with E-state index >= 15 is 0 Å². The number of sulfone groups is 1. The van der Waals surface area contributed by atoms with Crippen LogP contribution >= 0.6 is 15.9 Å². The van der Waals surface area contributed by atoms with Crippen LogP contribution < -0.4 is 10.1 Å². The van der Waals surface area contributed by atoms with Crippen molar-refractivity contribution in [2.24, 2.45) is 0 Å². The van der Waals surface area contributed by atoms with Gasteiger partial charge in [-0.15, -0.1) is 0 Å². The lowest BCUT2D eigenvalue weighted by molar-refractivity contribution is 0.0991. The van der Waals surface area contributed by atoms with Gasteiger partial charge in [-0.1, -0.05) is 22.0 Å². The molecule has 6 nitrogen and oxygen atoms in total. The molecule has 0 fully saturated rings. The van der Waals surface area contributed by atoms with Crippen LogP contribution in [0, 0.1) is 0 Å². The number of anilines is 1. The Hall–Kier alpha value is -2.58. The molecular formula is C18H14BrNO5S. The highest BCUT2D eigenvalue weighted by atomic mass is 79.9. The third kappa shape index (κ3) is 3.81. The molecule has 0 spiro atoms. The number of methoxy groups -OCH3 is 1. The number of amides is 1. The van der Waals surface area contributed by atoms with Gasteiger partial charge in [-0.3, -0.25) is 4.79 Å². The molecule has 0 aliphatic heterocycles. The van der Waals surface area contributed by atoms with E-state index in [2.05, 4.69) is 21.2 Å². The third-order valence-electron chi connectivity index (χ3n) is 3.52. The van der Waals surface area contributed by atoms with Crippen molar-refractivity contribution in [2.45, 2.75) is 9.99 Å². The smallest absolute Gasteiger partial charge is 0.291 e. The van der Waals surface area contributed by atoms with Crippen molar-refractivity contribution in [3.05, 3.63) is 70.9 Å². The molecule has 0 unspecified atom stereocenters. The molecule has 0 saturated heterocycles. The van der Waals surface area contributed by atoms with E-state index in [0.29, 0.717) is 11.4 Å². The van der Waals surface area contributed by atoms with Crippen molar-refractivity contribution in [2.75, 3.05) is 12.4 Å². The average molecular weight is 436 g/mol. The summed E-state index contributed by atoms with van der Waals surface area (Å²) in [5.74, 6) is -0.0836. The van der Waals surface area contributed by atoms with Crippen molar-refractivity contribution < 1.29 is 22.4 Å². The SMILES string of the molecule is COc1cccc(NC(=O)c2ccc(S(=O)(=O)c3ccc(Br)cc3)o2)c1. The van der Waals surface area contributed by atoms with Crippen molar-refractivity contribution in [3.8, 4) is 5.75 Å². The summed E-state index contributed by atoms with van der Waals surface area (Å²) in [6.07, 6.45) is 0. The van der Waals surface area contributed by atoms with Gasteiger partial charge in [-0.05, 0) is 48.5 Å². The van der Waals surface area contributed by atoms with Crippen LogP contribution in [0.1, 0.15) is 10.6 Å². The zero-order valence-corrected chi connectivity index (χ0v) is 16.0.